The molecule has 0 radical (unpaired) electrons. The molecule has 2 rings (SSSR count). The van der Waals surface area contributed by atoms with Crippen LogP contribution in [0.25, 0.3) is 5.70 Å². The summed E-state index contributed by atoms with van der Waals surface area (Å²) in [6.45, 7) is 1.77. The Morgan fingerprint density at radius 1 is 1.27 bits per heavy atom. The predicted octanol–water partition coefficient (Wildman–Crippen LogP) is 0.679. The molecule has 0 saturated carbocycles. The van der Waals surface area contributed by atoms with Gasteiger partial charge in [0.2, 0.25) is 0 Å². The maximum atomic E-state index is 11.0. The Balaban J connectivity index is 2.27. The van der Waals surface area contributed by atoms with Crippen molar-refractivity contribution in [3.05, 3.63) is 52.2 Å². The molecule has 1 heterocycles. The molecular formula is C17H26N8O. The summed E-state index contributed by atoms with van der Waals surface area (Å²) in [5.41, 5.74) is 22.5. The molecule has 1 fully saturated rings. The van der Waals surface area contributed by atoms with Crippen LogP contribution in [0.3, 0.4) is 0 Å². The summed E-state index contributed by atoms with van der Waals surface area (Å²) in [4.78, 5) is 11.0. The Morgan fingerprint density at radius 2 is 1.92 bits per heavy atom. The summed E-state index contributed by atoms with van der Waals surface area (Å²) in [6.07, 6.45) is 3.40. The third-order valence-corrected chi connectivity index (χ3v) is 4.36. The normalized spacial score (nSPS) is 17.5. The number of hydrazine groups is 1. The first kappa shape index (κ1) is 19.4. The second kappa shape index (κ2) is 8.97. The van der Waals surface area contributed by atoms with Gasteiger partial charge < -0.3 is 22.5 Å². The first-order valence-corrected chi connectivity index (χ1v) is 8.39. The van der Waals surface area contributed by atoms with E-state index in [1.807, 2.05) is 7.05 Å². The zero-order valence-corrected chi connectivity index (χ0v) is 14.8. The molecule has 1 aliphatic heterocycles. The minimum Gasteiger partial charge on any atom is -0.398 e. The largest absolute Gasteiger partial charge is 0.398 e. The van der Waals surface area contributed by atoms with Gasteiger partial charge in [0.05, 0.1) is 11.4 Å². The quantitative estimate of drug-likeness (QED) is 0.181. The molecule has 9 nitrogen and oxygen atoms in total. The molecule has 1 aliphatic rings. The van der Waals surface area contributed by atoms with Gasteiger partial charge in [-0.1, -0.05) is 18.2 Å². The summed E-state index contributed by atoms with van der Waals surface area (Å²) < 4.78 is 0. The Morgan fingerprint density at radius 3 is 2.50 bits per heavy atom. The summed E-state index contributed by atoms with van der Waals surface area (Å²) >= 11 is 0. The SMILES string of the molecule is CNN1CCC(NC(/C=C(\N)c2ccccc2N=O)=C(/N)C(=N)N)CC1. The summed E-state index contributed by atoms with van der Waals surface area (Å²) in [6, 6.07) is 6.94. The van der Waals surface area contributed by atoms with Crippen LogP contribution in [-0.4, -0.2) is 37.0 Å². The molecule has 0 aliphatic carbocycles. The fraction of sp³-hybridized carbons (Fsp3) is 0.353. The van der Waals surface area contributed by atoms with Gasteiger partial charge in [-0.2, -0.15) is 0 Å². The van der Waals surface area contributed by atoms with Gasteiger partial charge in [0.25, 0.3) is 0 Å². The maximum Gasteiger partial charge on any atom is 0.141 e. The van der Waals surface area contributed by atoms with E-state index in [4.69, 9.17) is 22.6 Å². The highest BCUT2D eigenvalue weighted by Gasteiger charge is 2.20. The number of amidine groups is 1. The van der Waals surface area contributed by atoms with E-state index in [9.17, 15) is 4.91 Å². The highest BCUT2D eigenvalue weighted by atomic mass is 16.3. The topological polar surface area (TPSA) is 159 Å². The van der Waals surface area contributed by atoms with Crippen molar-refractivity contribution in [1.82, 2.24) is 15.8 Å². The molecule has 0 atom stereocenters. The first-order chi connectivity index (χ1) is 12.5. The van der Waals surface area contributed by atoms with Gasteiger partial charge in [-0.3, -0.25) is 10.8 Å². The van der Waals surface area contributed by atoms with Crippen molar-refractivity contribution < 1.29 is 0 Å². The number of nitroso groups, excluding NO2 is 1. The fourth-order valence-electron chi connectivity index (χ4n) is 2.84. The molecule has 0 bridgehead atoms. The predicted molar refractivity (Wildman–Crippen MR) is 104 cm³/mol. The smallest absolute Gasteiger partial charge is 0.141 e. The minimum absolute atomic E-state index is 0.112. The van der Waals surface area contributed by atoms with E-state index in [2.05, 4.69) is 20.9 Å². The molecule has 9 N–H and O–H groups in total. The van der Waals surface area contributed by atoms with Crippen molar-refractivity contribution in [2.75, 3.05) is 20.1 Å². The molecule has 0 aromatic heterocycles. The Bertz CT molecular complexity index is 719. The monoisotopic (exact) mass is 358 g/mol. The molecular weight excluding hydrogens is 332 g/mol. The van der Waals surface area contributed by atoms with Crippen LogP contribution < -0.4 is 27.9 Å². The third-order valence-electron chi connectivity index (χ3n) is 4.36. The minimum atomic E-state index is -0.244. The second-order valence-corrected chi connectivity index (χ2v) is 6.08. The lowest BCUT2D eigenvalue weighted by Crippen LogP contribution is -2.47. The van der Waals surface area contributed by atoms with Gasteiger partial charge in [-0.05, 0) is 37.2 Å². The Kier molecular flexibility index (Phi) is 6.70. The summed E-state index contributed by atoms with van der Waals surface area (Å²) in [7, 11) is 1.90. The number of nitrogens with zero attached hydrogens (tertiary/aromatic N) is 2. The highest BCUT2D eigenvalue weighted by Crippen LogP contribution is 2.24. The maximum absolute atomic E-state index is 11.0. The molecule has 140 valence electrons. The van der Waals surface area contributed by atoms with Crippen molar-refractivity contribution >= 4 is 17.2 Å². The lowest BCUT2D eigenvalue weighted by molar-refractivity contribution is 0.152. The van der Waals surface area contributed by atoms with Crippen molar-refractivity contribution in [2.24, 2.45) is 22.4 Å². The molecule has 0 unspecified atom stereocenters. The fourth-order valence-corrected chi connectivity index (χ4v) is 2.84. The zero-order chi connectivity index (χ0) is 19.1. The van der Waals surface area contributed by atoms with Crippen LogP contribution in [0.15, 0.2) is 46.9 Å². The van der Waals surface area contributed by atoms with Crippen LogP contribution in [0.5, 0.6) is 0 Å². The van der Waals surface area contributed by atoms with E-state index >= 15 is 0 Å². The van der Waals surface area contributed by atoms with E-state index < -0.39 is 0 Å². The van der Waals surface area contributed by atoms with Crippen LogP contribution in [0, 0.1) is 10.3 Å². The van der Waals surface area contributed by atoms with E-state index in [1.165, 1.54) is 0 Å². The zero-order valence-electron chi connectivity index (χ0n) is 14.8. The molecule has 1 saturated heterocycles. The van der Waals surface area contributed by atoms with Crippen LogP contribution in [0.4, 0.5) is 5.69 Å². The first-order valence-electron chi connectivity index (χ1n) is 8.39. The van der Waals surface area contributed by atoms with E-state index in [-0.39, 0.29) is 23.3 Å². The molecule has 0 amide bonds. The highest BCUT2D eigenvalue weighted by molar-refractivity contribution is 5.95. The molecule has 26 heavy (non-hydrogen) atoms. The van der Waals surface area contributed by atoms with Crippen LogP contribution in [0.1, 0.15) is 18.4 Å². The van der Waals surface area contributed by atoms with Gasteiger partial charge in [0.1, 0.15) is 11.5 Å². The van der Waals surface area contributed by atoms with Crippen LogP contribution >= 0.6 is 0 Å². The molecule has 1 aromatic carbocycles. The average molecular weight is 358 g/mol. The number of allylic oxidation sites excluding steroid dienone is 1. The van der Waals surface area contributed by atoms with Crippen molar-refractivity contribution in [3.63, 3.8) is 0 Å². The second-order valence-electron chi connectivity index (χ2n) is 6.08. The summed E-state index contributed by atoms with van der Waals surface area (Å²) in [5.74, 6) is -0.244. The molecule has 9 heteroatoms. The number of piperidine rings is 1. The van der Waals surface area contributed by atoms with Gasteiger partial charge in [0.15, 0.2) is 0 Å². The number of rotatable bonds is 7. The summed E-state index contributed by atoms with van der Waals surface area (Å²) in [5, 5.41) is 16.1. The number of benzene rings is 1. The van der Waals surface area contributed by atoms with Gasteiger partial charge in [0, 0.05) is 30.4 Å². The van der Waals surface area contributed by atoms with Crippen molar-refractivity contribution in [2.45, 2.75) is 18.9 Å². The molecule has 0 spiro atoms. The van der Waals surface area contributed by atoms with Crippen molar-refractivity contribution in [1.29, 1.82) is 5.41 Å². The lowest BCUT2D eigenvalue weighted by Gasteiger charge is -2.32. The van der Waals surface area contributed by atoms with E-state index in [0.717, 1.165) is 25.9 Å². The third kappa shape index (κ3) is 4.80. The van der Waals surface area contributed by atoms with Gasteiger partial charge in [-0.25, -0.2) is 5.01 Å². The molecule has 1 aromatic rings. The van der Waals surface area contributed by atoms with E-state index in [1.54, 1.807) is 30.3 Å². The number of hydrogen-bond acceptors (Lipinski definition) is 8. The Labute approximate surface area is 152 Å². The van der Waals surface area contributed by atoms with Crippen LogP contribution in [0.2, 0.25) is 0 Å². The number of nitrogens with one attached hydrogen (secondary N) is 3. The van der Waals surface area contributed by atoms with Crippen LogP contribution in [-0.2, 0) is 0 Å². The lowest BCUT2D eigenvalue weighted by atomic mass is 10.0. The number of hydrogen-bond donors (Lipinski definition) is 6. The Hall–Kier alpha value is -2.91. The van der Waals surface area contributed by atoms with Crippen molar-refractivity contribution in [3.8, 4) is 0 Å². The standard InChI is InChI=1S/C17H26N8O/c1-22-25-8-6-11(7-9-25)23-15(16(19)17(20)21)10-13(18)12-4-2-3-5-14(12)24-26/h2-5,10-11,22-23H,6-9,18-19H2,1H3,(H3,20,21)/b13-10-,16-15+. The van der Waals surface area contributed by atoms with E-state index in [0.29, 0.717) is 17.0 Å². The van der Waals surface area contributed by atoms with Gasteiger partial charge in [-0.15, -0.1) is 4.91 Å². The average Bonchev–Trinajstić information content (AvgIpc) is 2.67. The van der Waals surface area contributed by atoms with Gasteiger partial charge >= 0.3 is 0 Å². The number of nitrogens with two attached hydrogens (primary N) is 3.